The lowest BCUT2D eigenvalue weighted by molar-refractivity contribution is 0.474. The van der Waals surface area contributed by atoms with Gasteiger partial charge in [0.05, 0.1) is 5.71 Å². The average molecular weight is 313 g/mol. The van der Waals surface area contributed by atoms with Crippen LogP contribution in [-0.2, 0) is 0 Å². The average Bonchev–Trinajstić information content (AvgIpc) is 2.48. The fraction of sp³-hybridized carbons (Fsp3) is 0.176. The normalized spacial score (nSPS) is 11.1. The van der Waals surface area contributed by atoms with Gasteiger partial charge in [0.2, 0.25) is 0 Å². The number of nitrogens with one attached hydrogen (secondary N) is 2. The molecule has 4 nitrogen and oxygen atoms in total. The summed E-state index contributed by atoms with van der Waals surface area (Å²) in [6.07, 6.45) is 0. The second-order valence-electron chi connectivity index (χ2n) is 5.10. The van der Waals surface area contributed by atoms with E-state index in [1.807, 2.05) is 39.0 Å². The van der Waals surface area contributed by atoms with Gasteiger partial charge in [-0.3, -0.25) is 5.43 Å². The number of aryl methyl sites for hydroxylation is 2. The first-order chi connectivity index (χ1) is 10.5. The Labute approximate surface area is 135 Å². The molecule has 0 aromatic heterocycles. The summed E-state index contributed by atoms with van der Waals surface area (Å²) in [4.78, 5) is 0. The summed E-state index contributed by atoms with van der Waals surface area (Å²) in [5.74, 6) is 0.193. The van der Waals surface area contributed by atoms with Crippen molar-refractivity contribution in [2.45, 2.75) is 20.8 Å². The van der Waals surface area contributed by atoms with E-state index >= 15 is 0 Å². The molecule has 0 amide bonds. The number of thiocarbonyl (C=S) groups is 1. The highest BCUT2D eigenvalue weighted by Crippen LogP contribution is 2.17. The van der Waals surface area contributed by atoms with Gasteiger partial charge in [-0.05, 0) is 56.8 Å². The van der Waals surface area contributed by atoms with Crippen LogP contribution in [0.15, 0.2) is 47.6 Å². The predicted molar refractivity (Wildman–Crippen MR) is 95.6 cm³/mol. The lowest BCUT2D eigenvalue weighted by Crippen LogP contribution is -2.25. The summed E-state index contributed by atoms with van der Waals surface area (Å²) < 4.78 is 0. The van der Waals surface area contributed by atoms with Gasteiger partial charge in [-0.2, -0.15) is 5.10 Å². The van der Waals surface area contributed by atoms with Crippen LogP contribution in [0.25, 0.3) is 0 Å². The van der Waals surface area contributed by atoms with Crippen LogP contribution in [0.4, 0.5) is 5.69 Å². The van der Waals surface area contributed by atoms with E-state index in [0.29, 0.717) is 16.4 Å². The minimum atomic E-state index is 0.193. The summed E-state index contributed by atoms with van der Waals surface area (Å²) in [7, 11) is 0. The molecule has 0 heterocycles. The topological polar surface area (TPSA) is 56.7 Å². The molecule has 2 aromatic rings. The molecule has 0 aliphatic rings. The Morgan fingerprint density at radius 2 is 1.86 bits per heavy atom. The summed E-state index contributed by atoms with van der Waals surface area (Å²) in [6, 6.07) is 13.1. The number of para-hydroxylation sites is 1. The van der Waals surface area contributed by atoms with Gasteiger partial charge >= 0.3 is 0 Å². The molecule has 0 radical (unpaired) electrons. The Hall–Kier alpha value is -2.40. The lowest BCUT2D eigenvalue weighted by Gasteiger charge is -2.11. The molecule has 0 atom stereocenters. The molecule has 2 aromatic carbocycles. The minimum absolute atomic E-state index is 0.193. The first kappa shape index (κ1) is 16.0. The molecule has 0 fully saturated rings. The van der Waals surface area contributed by atoms with Crippen LogP contribution in [0, 0.1) is 13.8 Å². The standard InChI is InChI=1S/C17H19N3OS/c1-11-8-9-15(12(2)10-11)18-17(22)20-19-13(3)14-6-4-5-7-16(14)21/h4-10,21H,1-3H3,(H2,18,20,22)/b19-13+. The monoisotopic (exact) mass is 313 g/mol. The largest absolute Gasteiger partial charge is 0.507 e. The van der Waals surface area contributed by atoms with Gasteiger partial charge in [0.25, 0.3) is 0 Å². The molecule has 0 spiro atoms. The number of anilines is 1. The summed E-state index contributed by atoms with van der Waals surface area (Å²) in [5.41, 5.74) is 7.39. The van der Waals surface area contributed by atoms with Crippen molar-refractivity contribution in [2.24, 2.45) is 5.10 Å². The predicted octanol–water partition coefficient (Wildman–Crippen LogP) is 3.72. The molecule has 22 heavy (non-hydrogen) atoms. The van der Waals surface area contributed by atoms with E-state index in [4.69, 9.17) is 12.2 Å². The van der Waals surface area contributed by atoms with Crippen molar-refractivity contribution in [3.05, 3.63) is 59.2 Å². The highest BCUT2D eigenvalue weighted by Gasteiger charge is 2.04. The molecule has 0 aliphatic heterocycles. The van der Waals surface area contributed by atoms with Crippen molar-refractivity contribution in [2.75, 3.05) is 5.32 Å². The Morgan fingerprint density at radius 1 is 1.14 bits per heavy atom. The van der Waals surface area contributed by atoms with E-state index in [-0.39, 0.29) is 5.75 Å². The number of rotatable bonds is 3. The maximum atomic E-state index is 9.79. The van der Waals surface area contributed by atoms with Gasteiger partial charge in [-0.25, -0.2) is 0 Å². The first-order valence-corrected chi connectivity index (χ1v) is 7.35. The smallest absolute Gasteiger partial charge is 0.191 e. The third kappa shape index (κ3) is 4.05. The quantitative estimate of drug-likeness (QED) is 0.459. The molecule has 0 saturated carbocycles. The van der Waals surface area contributed by atoms with Crippen molar-refractivity contribution < 1.29 is 5.11 Å². The number of hydrazone groups is 1. The van der Waals surface area contributed by atoms with Crippen LogP contribution in [0.3, 0.4) is 0 Å². The van der Waals surface area contributed by atoms with E-state index in [0.717, 1.165) is 11.3 Å². The van der Waals surface area contributed by atoms with E-state index in [2.05, 4.69) is 21.9 Å². The fourth-order valence-corrected chi connectivity index (χ4v) is 2.23. The maximum absolute atomic E-state index is 9.79. The fourth-order valence-electron chi connectivity index (χ4n) is 2.08. The maximum Gasteiger partial charge on any atom is 0.191 e. The molecule has 3 N–H and O–H groups in total. The van der Waals surface area contributed by atoms with Crippen molar-refractivity contribution in [3.8, 4) is 5.75 Å². The van der Waals surface area contributed by atoms with Gasteiger partial charge in [0.15, 0.2) is 5.11 Å². The minimum Gasteiger partial charge on any atom is -0.507 e. The van der Waals surface area contributed by atoms with Crippen LogP contribution in [0.5, 0.6) is 5.75 Å². The van der Waals surface area contributed by atoms with Gasteiger partial charge in [0.1, 0.15) is 5.75 Å². The zero-order chi connectivity index (χ0) is 16.1. The number of aromatic hydroxyl groups is 1. The van der Waals surface area contributed by atoms with Gasteiger partial charge in [-0.1, -0.05) is 29.8 Å². The molecule has 114 valence electrons. The number of hydrogen-bond donors (Lipinski definition) is 3. The second-order valence-corrected chi connectivity index (χ2v) is 5.51. The number of phenolic OH excluding ortho intramolecular Hbond substituents is 1. The second kappa shape index (κ2) is 7.04. The lowest BCUT2D eigenvalue weighted by atomic mass is 10.1. The summed E-state index contributed by atoms with van der Waals surface area (Å²) in [6.45, 7) is 5.88. The highest BCUT2D eigenvalue weighted by molar-refractivity contribution is 7.80. The number of phenols is 1. The third-order valence-electron chi connectivity index (χ3n) is 3.25. The molecule has 5 heteroatoms. The highest BCUT2D eigenvalue weighted by atomic mass is 32.1. The van der Waals surface area contributed by atoms with Crippen LogP contribution >= 0.6 is 12.2 Å². The number of nitrogens with zero attached hydrogens (tertiary/aromatic N) is 1. The Balaban J connectivity index is 2.03. The van der Waals surface area contributed by atoms with Crippen LogP contribution in [0.2, 0.25) is 0 Å². The molecule has 2 rings (SSSR count). The summed E-state index contributed by atoms with van der Waals surface area (Å²) in [5, 5.41) is 17.5. The van der Waals surface area contributed by atoms with Crippen molar-refractivity contribution in [3.63, 3.8) is 0 Å². The van der Waals surface area contributed by atoms with Crippen LogP contribution in [0.1, 0.15) is 23.6 Å². The SMILES string of the molecule is C/C(=N\NC(=S)Nc1ccc(C)cc1C)c1ccccc1O. The molecule has 0 unspecified atom stereocenters. The van der Waals surface area contributed by atoms with Gasteiger partial charge in [-0.15, -0.1) is 0 Å². The number of hydrogen-bond acceptors (Lipinski definition) is 3. The van der Waals surface area contributed by atoms with E-state index in [1.165, 1.54) is 5.56 Å². The Kier molecular flexibility index (Phi) is 5.12. The van der Waals surface area contributed by atoms with Crippen molar-refractivity contribution >= 4 is 28.7 Å². The van der Waals surface area contributed by atoms with E-state index in [1.54, 1.807) is 18.2 Å². The molecule has 0 aliphatic carbocycles. The first-order valence-electron chi connectivity index (χ1n) is 6.94. The number of benzene rings is 2. The van der Waals surface area contributed by atoms with Crippen LogP contribution < -0.4 is 10.7 Å². The van der Waals surface area contributed by atoms with Gasteiger partial charge in [0, 0.05) is 11.3 Å². The van der Waals surface area contributed by atoms with Crippen LogP contribution in [-0.4, -0.2) is 15.9 Å². The van der Waals surface area contributed by atoms with Crippen molar-refractivity contribution in [1.29, 1.82) is 0 Å². The zero-order valence-corrected chi connectivity index (χ0v) is 13.7. The third-order valence-corrected chi connectivity index (χ3v) is 3.44. The molecular formula is C17H19N3OS. The summed E-state index contributed by atoms with van der Waals surface area (Å²) >= 11 is 5.24. The zero-order valence-electron chi connectivity index (χ0n) is 12.8. The van der Waals surface area contributed by atoms with Gasteiger partial charge < -0.3 is 10.4 Å². The molecular weight excluding hydrogens is 294 g/mol. The molecule has 0 bridgehead atoms. The Bertz CT molecular complexity index is 726. The molecule has 0 saturated heterocycles. The van der Waals surface area contributed by atoms with E-state index < -0.39 is 0 Å². The van der Waals surface area contributed by atoms with E-state index in [9.17, 15) is 5.11 Å². The Morgan fingerprint density at radius 3 is 2.55 bits per heavy atom. The van der Waals surface area contributed by atoms with Crippen molar-refractivity contribution in [1.82, 2.24) is 5.43 Å².